The lowest BCUT2D eigenvalue weighted by molar-refractivity contribution is -0.121. The molecule has 0 aliphatic carbocycles. The molecule has 3 rings (SSSR count). The molecule has 1 aliphatic rings. The third-order valence-electron chi connectivity index (χ3n) is 4.08. The van der Waals surface area contributed by atoms with Crippen LogP contribution in [0.15, 0.2) is 35.7 Å². The van der Waals surface area contributed by atoms with E-state index in [4.69, 9.17) is 0 Å². The zero-order valence-corrected chi connectivity index (χ0v) is 13.2. The Morgan fingerprint density at radius 2 is 2.05 bits per heavy atom. The van der Waals surface area contributed by atoms with Gasteiger partial charge in [-0.1, -0.05) is 17.7 Å². The summed E-state index contributed by atoms with van der Waals surface area (Å²) in [4.78, 5) is 16.1. The fraction of sp³-hybridized carbons (Fsp3) is 0.353. The van der Waals surface area contributed by atoms with Crippen molar-refractivity contribution in [3.63, 3.8) is 0 Å². The molecule has 0 bridgehead atoms. The molecule has 1 aliphatic heterocycles. The SMILES string of the molecule is Cc1ccc(NC(=O)[C@@H](C)N2CCc3sccc3C2)cc1. The van der Waals surface area contributed by atoms with Crippen molar-refractivity contribution in [1.29, 1.82) is 0 Å². The summed E-state index contributed by atoms with van der Waals surface area (Å²) in [5.41, 5.74) is 3.44. The molecule has 2 aromatic rings. The lowest BCUT2D eigenvalue weighted by atomic mass is 10.1. The lowest BCUT2D eigenvalue weighted by Crippen LogP contribution is -2.44. The van der Waals surface area contributed by atoms with Crippen molar-refractivity contribution in [3.8, 4) is 0 Å². The summed E-state index contributed by atoms with van der Waals surface area (Å²) < 4.78 is 0. The molecule has 1 amide bonds. The Labute approximate surface area is 129 Å². The van der Waals surface area contributed by atoms with Gasteiger partial charge in [-0.15, -0.1) is 11.3 Å². The second-order valence-corrected chi connectivity index (χ2v) is 6.62. The molecule has 0 saturated carbocycles. The van der Waals surface area contributed by atoms with E-state index in [1.165, 1.54) is 16.0 Å². The Bertz CT molecular complexity index is 632. The predicted molar refractivity (Wildman–Crippen MR) is 87.7 cm³/mol. The first kappa shape index (κ1) is 14.3. The minimum atomic E-state index is -0.112. The van der Waals surface area contributed by atoms with Crippen LogP contribution < -0.4 is 5.32 Å². The maximum absolute atomic E-state index is 12.4. The predicted octanol–water partition coefficient (Wildman–Crippen LogP) is 3.44. The van der Waals surface area contributed by atoms with Crippen LogP contribution in [-0.4, -0.2) is 23.4 Å². The van der Waals surface area contributed by atoms with Crippen LogP contribution in [0, 0.1) is 6.92 Å². The Morgan fingerprint density at radius 3 is 2.81 bits per heavy atom. The second-order valence-electron chi connectivity index (χ2n) is 5.62. The van der Waals surface area contributed by atoms with E-state index in [1.54, 1.807) is 0 Å². The number of hydrogen-bond acceptors (Lipinski definition) is 3. The third-order valence-corrected chi connectivity index (χ3v) is 5.11. The number of aryl methyl sites for hydroxylation is 1. The van der Waals surface area contributed by atoms with Crippen molar-refractivity contribution in [1.82, 2.24) is 4.90 Å². The van der Waals surface area contributed by atoms with Crippen LogP contribution >= 0.6 is 11.3 Å². The van der Waals surface area contributed by atoms with Crippen molar-refractivity contribution in [3.05, 3.63) is 51.7 Å². The van der Waals surface area contributed by atoms with Crippen LogP contribution in [0.1, 0.15) is 22.9 Å². The average molecular weight is 300 g/mol. The largest absolute Gasteiger partial charge is 0.325 e. The molecular formula is C17H20N2OS. The maximum atomic E-state index is 12.4. The lowest BCUT2D eigenvalue weighted by Gasteiger charge is -2.31. The van der Waals surface area contributed by atoms with Gasteiger partial charge >= 0.3 is 0 Å². The summed E-state index contributed by atoms with van der Waals surface area (Å²) in [6.45, 7) is 5.86. The molecule has 1 atom stereocenters. The molecule has 0 spiro atoms. The molecule has 21 heavy (non-hydrogen) atoms. The molecule has 0 unspecified atom stereocenters. The fourth-order valence-electron chi connectivity index (χ4n) is 2.65. The van der Waals surface area contributed by atoms with E-state index in [-0.39, 0.29) is 11.9 Å². The van der Waals surface area contributed by atoms with Gasteiger partial charge in [0.15, 0.2) is 0 Å². The Kier molecular flexibility index (Phi) is 4.08. The zero-order chi connectivity index (χ0) is 14.8. The zero-order valence-electron chi connectivity index (χ0n) is 12.4. The monoisotopic (exact) mass is 300 g/mol. The molecule has 0 radical (unpaired) electrons. The third kappa shape index (κ3) is 3.17. The number of hydrogen-bond donors (Lipinski definition) is 1. The smallest absolute Gasteiger partial charge is 0.241 e. The number of benzene rings is 1. The van der Waals surface area contributed by atoms with Gasteiger partial charge in [0.2, 0.25) is 5.91 Å². The topological polar surface area (TPSA) is 32.3 Å². The maximum Gasteiger partial charge on any atom is 0.241 e. The van der Waals surface area contributed by atoms with Crippen molar-refractivity contribution in [2.24, 2.45) is 0 Å². The number of nitrogens with one attached hydrogen (secondary N) is 1. The standard InChI is InChI=1S/C17H20N2OS/c1-12-3-5-15(6-4-12)18-17(20)13(2)19-9-7-16-14(11-19)8-10-21-16/h3-6,8,10,13H,7,9,11H2,1-2H3,(H,18,20)/t13-/m1/s1. The van der Waals surface area contributed by atoms with E-state index in [1.807, 2.05) is 49.4 Å². The van der Waals surface area contributed by atoms with E-state index in [9.17, 15) is 4.79 Å². The summed E-state index contributed by atoms with van der Waals surface area (Å²) in [6.07, 6.45) is 1.05. The number of rotatable bonds is 3. The number of anilines is 1. The number of carbonyl (C=O) groups excluding carboxylic acids is 1. The normalized spacial score (nSPS) is 16.3. The molecular weight excluding hydrogens is 280 g/mol. The minimum absolute atomic E-state index is 0.0672. The highest BCUT2D eigenvalue weighted by molar-refractivity contribution is 7.10. The van der Waals surface area contributed by atoms with E-state index in [2.05, 4.69) is 21.7 Å². The van der Waals surface area contributed by atoms with E-state index < -0.39 is 0 Å². The highest BCUT2D eigenvalue weighted by Gasteiger charge is 2.25. The van der Waals surface area contributed by atoms with Crippen molar-refractivity contribution >= 4 is 22.9 Å². The second kappa shape index (κ2) is 6.00. The summed E-state index contributed by atoms with van der Waals surface area (Å²) in [5.74, 6) is 0.0672. The molecule has 1 N–H and O–H groups in total. The fourth-order valence-corrected chi connectivity index (χ4v) is 3.54. The Hall–Kier alpha value is -1.65. The summed E-state index contributed by atoms with van der Waals surface area (Å²) in [6, 6.07) is 9.99. The van der Waals surface area contributed by atoms with Gasteiger partial charge in [0, 0.05) is 23.7 Å². The number of amides is 1. The van der Waals surface area contributed by atoms with Gasteiger partial charge in [0.1, 0.15) is 0 Å². The first-order valence-corrected chi connectivity index (χ1v) is 8.18. The summed E-state index contributed by atoms with van der Waals surface area (Å²) in [7, 11) is 0. The number of thiophene rings is 1. The Balaban J connectivity index is 1.64. The van der Waals surface area contributed by atoms with Gasteiger partial charge in [-0.3, -0.25) is 9.69 Å². The molecule has 110 valence electrons. The van der Waals surface area contributed by atoms with Gasteiger partial charge in [-0.25, -0.2) is 0 Å². The van der Waals surface area contributed by atoms with E-state index in [0.717, 1.165) is 25.2 Å². The quantitative estimate of drug-likeness (QED) is 0.941. The van der Waals surface area contributed by atoms with E-state index >= 15 is 0 Å². The van der Waals surface area contributed by atoms with Gasteiger partial charge in [0.05, 0.1) is 6.04 Å². The average Bonchev–Trinajstić information content (AvgIpc) is 2.96. The first-order valence-electron chi connectivity index (χ1n) is 7.30. The molecule has 1 aromatic carbocycles. The van der Waals surface area contributed by atoms with Gasteiger partial charge in [0.25, 0.3) is 0 Å². The molecule has 4 heteroatoms. The summed E-state index contributed by atoms with van der Waals surface area (Å²) in [5, 5.41) is 5.15. The summed E-state index contributed by atoms with van der Waals surface area (Å²) >= 11 is 1.82. The highest BCUT2D eigenvalue weighted by atomic mass is 32.1. The first-order chi connectivity index (χ1) is 10.1. The molecule has 1 aromatic heterocycles. The van der Waals surface area contributed by atoms with Crippen molar-refractivity contribution in [2.75, 3.05) is 11.9 Å². The molecule has 0 fully saturated rings. The number of carbonyl (C=O) groups is 1. The van der Waals surface area contributed by atoms with Crippen LogP contribution in [0.25, 0.3) is 0 Å². The van der Waals surface area contributed by atoms with Crippen molar-refractivity contribution < 1.29 is 4.79 Å². The highest BCUT2D eigenvalue weighted by Crippen LogP contribution is 2.25. The van der Waals surface area contributed by atoms with Crippen LogP contribution in [0.3, 0.4) is 0 Å². The van der Waals surface area contributed by atoms with E-state index in [0.29, 0.717) is 0 Å². The molecule has 2 heterocycles. The van der Waals surface area contributed by atoms with Crippen molar-refractivity contribution in [2.45, 2.75) is 32.9 Å². The van der Waals surface area contributed by atoms with Gasteiger partial charge < -0.3 is 5.32 Å². The minimum Gasteiger partial charge on any atom is -0.325 e. The molecule has 3 nitrogen and oxygen atoms in total. The number of nitrogens with zero attached hydrogens (tertiary/aromatic N) is 1. The molecule has 0 saturated heterocycles. The van der Waals surface area contributed by atoms with Crippen LogP contribution in [0.2, 0.25) is 0 Å². The van der Waals surface area contributed by atoms with Gasteiger partial charge in [-0.05, 0) is 49.4 Å². The van der Waals surface area contributed by atoms with Crippen LogP contribution in [0.4, 0.5) is 5.69 Å². The van der Waals surface area contributed by atoms with Crippen LogP contribution in [0.5, 0.6) is 0 Å². The van der Waals surface area contributed by atoms with Crippen LogP contribution in [-0.2, 0) is 17.8 Å². The van der Waals surface area contributed by atoms with Gasteiger partial charge in [-0.2, -0.15) is 0 Å². The number of fused-ring (bicyclic) bond motifs is 1. The Morgan fingerprint density at radius 1 is 1.29 bits per heavy atom.